The molecule has 0 unspecified atom stereocenters. The van der Waals surface area contributed by atoms with Gasteiger partial charge < -0.3 is 20.6 Å². The number of nitrogens with zero attached hydrogens (tertiary/aromatic N) is 3. The third kappa shape index (κ3) is 7.84. The molecule has 0 amide bonds. The lowest BCUT2D eigenvalue weighted by molar-refractivity contribution is -0.144. The molecule has 16 heteroatoms. The van der Waals surface area contributed by atoms with E-state index in [0.717, 1.165) is 12.1 Å². The summed E-state index contributed by atoms with van der Waals surface area (Å²) in [5, 5.41) is 15.6. The topological polar surface area (TPSA) is 90.4 Å². The monoisotopic (exact) mass is 675 g/mol. The second-order valence-electron chi connectivity index (χ2n) is 11.7. The lowest BCUT2D eigenvalue weighted by Crippen LogP contribution is -2.37. The largest absolute Gasteiger partial charge is 0.481 e. The summed E-state index contributed by atoms with van der Waals surface area (Å²) in [4.78, 5) is 22.0. The van der Waals surface area contributed by atoms with Crippen LogP contribution >= 0.6 is 0 Å². The number of benzene rings is 2. The summed E-state index contributed by atoms with van der Waals surface area (Å²) in [6, 6.07) is 3.71. The minimum Gasteiger partial charge on any atom is -0.481 e. The molecule has 1 aromatic heterocycles. The van der Waals surface area contributed by atoms with Crippen molar-refractivity contribution >= 4 is 23.3 Å². The molecule has 3 N–H and O–H groups in total. The van der Waals surface area contributed by atoms with Crippen molar-refractivity contribution in [3.8, 4) is 0 Å². The summed E-state index contributed by atoms with van der Waals surface area (Å²) in [7, 11) is 0. The van der Waals surface area contributed by atoms with E-state index in [1.165, 1.54) is 12.3 Å². The molecule has 1 saturated heterocycles. The number of piperidine rings is 1. The molecule has 254 valence electrons. The Morgan fingerprint density at radius 3 is 2.11 bits per heavy atom. The van der Waals surface area contributed by atoms with Crippen molar-refractivity contribution in [3.63, 3.8) is 0 Å². The maximum atomic E-state index is 13.6. The molecule has 3 heterocycles. The molecular formula is C31H30F9N5O2. The normalized spacial score (nSPS) is 19.2. The van der Waals surface area contributed by atoms with E-state index >= 15 is 0 Å². The number of halogens is 9. The van der Waals surface area contributed by atoms with Crippen LogP contribution in [0.2, 0.25) is 0 Å². The van der Waals surface area contributed by atoms with E-state index in [2.05, 4.69) is 20.6 Å². The minimum absolute atomic E-state index is 0.0297. The Balaban J connectivity index is 1.54. The van der Waals surface area contributed by atoms with E-state index in [9.17, 15) is 49.4 Å². The van der Waals surface area contributed by atoms with Crippen molar-refractivity contribution in [2.24, 2.45) is 5.92 Å². The smallest absolute Gasteiger partial charge is 0.416 e. The number of hydrogen-bond donors (Lipinski definition) is 3. The number of anilines is 3. The van der Waals surface area contributed by atoms with Gasteiger partial charge in [0.1, 0.15) is 0 Å². The zero-order valence-electron chi connectivity index (χ0n) is 24.8. The zero-order chi connectivity index (χ0) is 34.3. The molecule has 2 aliphatic heterocycles. The van der Waals surface area contributed by atoms with Crippen molar-refractivity contribution in [2.45, 2.75) is 69.6 Å². The average molecular weight is 676 g/mol. The second kappa shape index (κ2) is 12.8. The van der Waals surface area contributed by atoms with Crippen molar-refractivity contribution in [3.05, 3.63) is 76.1 Å². The fourth-order valence-electron chi connectivity index (χ4n) is 5.97. The van der Waals surface area contributed by atoms with Gasteiger partial charge in [-0.15, -0.1) is 0 Å². The molecule has 1 fully saturated rings. The standard InChI is InChI=1S/C31H30F9N5O2/c1-2-21-14-24(22-13-18(29(32,33)34)3-4-23(22)42-21)43-28-41-15-26(45-7-5-17(6-8-45)27(46)47)25(44-28)11-16-9-19(30(35,36)37)12-20(10-16)31(38,39)40/h3-4,9-10,12-13,15,17,21,24,42H,2,5-8,11,14H2,1H3,(H,46,47)(H,41,43,44)/t21-,24+/m1/s1. The van der Waals surface area contributed by atoms with Crippen LogP contribution in [0.3, 0.4) is 0 Å². The number of carboxylic acid groups (broad SMARTS) is 1. The van der Waals surface area contributed by atoms with Gasteiger partial charge >= 0.3 is 24.5 Å². The number of fused-ring (bicyclic) bond motifs is 1. The summed E-state index contributed by atoms with van der Waals surface area (Å²) >= 11 is 0. The van der Waals surface area contributed by atoms with Gasteiger partial charge in [0.15, 0.2) is 0 Å². The first-order valence-corrected chi connectivity index (χ1v) is 14.8. The predicted molar refractivity (Wildman–Crippen MR) is 154 cm³/mol. The number of aromatic nitrogens is 2. The maximum absolute atomic E-state index is 13.6. The Bertz CT molecular complexity index is 1580. The van der Waals surface area contributed by atoms with Crippen LogP contribution in [0.25, 0.3) is 0 Å². The number of carbonyl (C=O) groups is 1. The van der Waals surface area contributed by atoms with Crippen LogP contribution in [-0.2, 0) is 29.7 Å². The molecule has 2 aromatic carbocycles. The number of alkyl halides is 9. The molecule has 0 radical (unpaired) electrons. The van der Waals surface area contributed by atoms with Crippen LogP contribution in [0.4, 0.5) is 56.8 Å². The molecular weight excluding hydrogens is 645 g/mol. The zero-order valence-corrected chi connectivity index (χ0v) is 24.8. The Kier molecular flexibility index (Phi) is 9.25. The first kappa shape index (κ1) is 34.1. The number of hydrogen-bond acceptors (Lipinski definition) is 6. The van der Waals surface area contributed by atoms with Gasteiger partial charge in [0.05, 0.1) is 46.2 Å². The third-order valence-electron chi connectivity index (χ3n) is 8.48. The predicted octanol–water partition coefficient (Wildman–Crippen LogP) is 8.17. The average Bonchev–Trinajstić information content (AvgIpc) is 2.99. The van der Waals surface area contributed by atoms with Crippen LogP contribution in [0.1, 0.15) is 72.2 Å². The van der Waals surface area contributed by atoms with E-state index < -0.39 is 59.6 Å². The SMILES string of the molecule is CC[C@@H]1C[C@H](Nc2ncc(N3CCC(C(=O)O)CC3)c(Cc3cc(C(F)(F)F)cc(C(F)(F)F)c3)n2)c2cc(C(F)(F)F)ccc2N1. The van der Waals surface area contributed by atoms with Gasteiger partial charge in [-0.25, -0.2) is 9.97 Å². The van der Waals surface area contributed by atoms with Crippen molar-refractivity contribution < 1.29 is 49.4 Å². The van der Waals surface area contributed by atoms with Gasteiger partial charge in [0.2, 0.25) is 5.95 Å². The van der Waals surface area contributed by atoms with E-state index in [1.807, 2.05) is 6.92 Å². The minimum atomic E-state index is -5.07. The molecule has 3 aromatic rings. The summed E-state index contributed by atoms with van der Waals surface area (Å²) in [6.45, 7) is 2.33. The molecule has 0 bridgehead atoms. The third-order valence-corrected chi connectivity index (χ3v) is 8.48. The van der Waals surface area contributed by atoms with Gasteiger partial charge in [0.25, 0.3) is 0 Å². The number of nitrogens with one attached hydrogen (secondary N) is 2. The molecule has 5 rings (SSSR count). The van der Waals surface area contributed by atoms with E-state index in [-0.39, 0.29) is 55.2 Å². The quantitative estimate of drug-likeness (QED) is 0.218. The number of aliphatic carboxylic acids is 1. The molecule has 2 atom stereocenters. The Labute approximate surface area is 263 Å². The molecule has 0 aliphatic carbocycles. The van der Waals surface area contributed by atoms with Crippen LogP contribution in [-0.4, -0.2) is 40.2 Å². The van der Waals surface area contributed by atoms with Crippen molar-refractivity contribution in [2.75, 3.05) is 28.6 Å². The van der Waals surface area contributed by atoms with Crippen molar-refractivity contribution in [1.29, 1.82) is 0 Å². The fourth-order valence-corrected chi connectivity index (χ4v) is 5.97. The molecule has 7 nitrogen and oxygen atoms in total. The van der Waals surface area contributed by atoms with Gasteiger partial charge in [-0.2, -0.15) is 39.5 Å². The van der Waals surface area contributed by atoms with Crippen LogP contribution in [0.5, 0.6) is 0 Å². The van der Waals surface area contributed by atoms with Gasteiger partial charge in [-0.1, -0.05) is 6.92 Å². The Morgan fingerprint density at radius 1 is 0.936 bits per heavy atom. The fraction of sp³-hybridized carbons (Fsp3) is 0.452. The van der Waals surface area contributed by atoms with E-state index in [1.54, 1.807) is 4.90 Å². The molecule has 2 aliphatic rings. The summed E-state index contributed by atoms with van der Waals surface area (Å²) in [6.07, 6.45) is -12.4. The molecule has 0 saturated carbocycles. The van der Waals surface area contributed by atoms with Gasteiger partial charge in [-0.3, -0.25) is 4.79 Å². The summed E-state index contributed by atoms with van der Waals surface area (Å²) < 4.78 is 122. The van der Waals surface area contributed by atoms with Crippen LogP contribution in [0, 0.1) is 5.92 Å². The Hall–Kier alpha value is -4.24. The lowest BCUT2D eigenvalue weighted by atomic mass is 9.90. The van der Waals surface area contributed by atoms with Gasteiger partial charge in [0, 0.05) is 31.2 Å². The van der Waals surface area contributed by atoms with Gasteiger partial charge in [-0.05, 0) is 73.2 Å². The van der Waals surface area contributed by atoms with Crippen molar-refractivity contribution in [1.82, 2.24) is 9.97 Å². The first-order valence-electron chi connectivity index (χ1n) is 14.8. The molecule has 47 heavy (non-hydrogen) atoms. The Morgan fingerprint density at radius 2 is 1.55 bits per heavy atom. The summed E-state index contributed by atoms with van der Waals surface area (Å²) in [5.41, 5.74) is -3.06. The summed E-state index contributed by atoms with van der Waals surface area (Å²) in [5.74, 6) is -1.69. The maximum Gasteiger partial charge on any atom is 0.416 e. The number of rotatable bonds is 7. The number of carboxylic acids is 1. The molecule has 0 spiro atoms. The lowest BCUT2D eigenvalue weighted by Gasteiger charge is -2.34. The first-order chi connectivity index (χ1) is 21.9. The highest BCUT2D eigenvalue weighted by atomic mass is 19.4. The second-order valence-corrected chi connectivity index (χ2v) is 11.7. The van der Waals surface area contributed by atoms with Crippen LogP contribution < -0.4 is 15.5 Å². The highest BCUT2D eigenvalue weighted by Gasteiger charge is 2.38. The van der Waals surface area contributed by atoms with E-state index in [4.69, 9.17) is 0 Å². The van der Waals surface area contributed by atoms with E-state index in [0.29, 0.717) is 41.9 Å². The highest BCUT2D eigenvalue weighted by molar-refractivity contribution is 5.70. The highest BCUT2D eigenvalue weighted by Crippen LogP contribution is 2.41. The van der Waals surface area contributed by atoms with Crippen LogP contribution in [0.15, 0.2) is 42.6 Å².